The molecule has 0 rings (SSSR count). The SMILES string of the molecule is CCCC(=O)O.CCCCN(CCO)CCO. The molecule has 0 fully saturated rings. The Kier molecular flexibility index (Phi) is 16.9. The minimum absolute atomic E-state index is 0.184. The fraction of sp³-hybridized carbons (Fsp3) is 0.917. The van der Waals surface area contributed by atoms with Crippen LogP contribution in [0.3, 0.4) is 0 Å². The van der Waals surface area contributed by atoms with Crippen LogP contribution >= 0.6 is 0 Å². The van der Waals surface area contributed by atoms with Gasteiger partial charge in [0, 0.05) is 19.5 Å². The van der Waals surface area contributed by atoms with Crippen molar-refractivity contribution in [1.29, 1.82) is 0 Å². The minimum Gasteiger partial charge on any atom is -0.481 e. The lowest BCUT2D eigenvalue weighted by atomic mass is 10.3. The summed E-state index contributed by atoms with van der Waals surface area (Å²) in [6.07, 6.45) is 3.32. The maximum atomic E-state index is 9.60. The van der Waals surface area contributed by atoms with Crippen molar-refractivity contribution in [3.8, 4) is 0 Å². The Hall–Kier alpha value is -0.650. The molecule has 0 radical (unpaired) electrons. The van der Waals surface area contributed by atoms with Gasteiger partial charge in [-0.2, -0.15) is 0 Å². The molecule has 17 heavy (non-hydrogen) atoms. The summed E-state index contributed by atoms with van der Waals surface area (Å²) in [6, 6.07) is 0. The van der Waals surface area contributed by atoms with Crippen LogP contribution in [0.4, 0.5) is 0 Å². The van der Waals surface area contributed by atoms with Gasteiger partial charge in [0.05, 0.1) is 13.2 Å². The Morgan fingerprint density at radius 2 is 1.53 bits per heavy atom. The van der Waals surface area contributed by atoms with Crippen molar-refractivity contribution >= 4 is 5.97 Å². The second-order valence-electron chi connectivity index (χ2n) is 3.79. The van der Waals surface area contributed by atoms with Crippen LogP contribution in [0.2, 0.25) is 0 Å². The van der Waals surface area contributed by atoms with Crippen molar-refractivity contribution < 1.29 is 20.1 Å². The molecule has 0 atom stereocenters. The van der Waals surface area contributed by atoms with Crippen molar-refractivity contribution in [2.45, 2.75) is 39.5 Å². The Bertz CT molecular complexity index is 159. The zero-order chi connectivity index (χ0) is 13.5. The first-order chi connectivity index (χ1) is 8.12. The molecule has 104 valence electrons. The minimum atomic E-state index is -0.711. The zero-order valence-corrected chi connectivity index (χ0v) is 11.1. The van der Waals surface area contributed by atoms with Crippen LogP contribution in [0.1, 0.15) is 39.5 Å². The van der Waals surface area contributed by atoms with Gasteiger partial charge >= 0.3 is 5.97 Å². The van der Waals surface area contributed by atoms with E-state index in [9.17, 15) is 4.79 Å². The normalized spacial score (nSPS) is 9.94. The lowest BCUT2D eigenvalue weighted by Gasteiger charge is -2.19. The molecule has 0 saturated carbocycles. The number of hydrogen-bond donors (Lipinski definition) is 3. The maximum absolute atomic E-state index is 9.60. The first-order valence-corrected chi connectivity index (χ1v) is 6.28. The second kappa shape index (κ2) is 15.4. The van der Waals surface area contributed by atoms with E-state index in [4.69, 9.17) is 15.3 Å². The highest BCUT2D eigenvalue weighted by atomic mass is 16.4. The van der Waals surface area contributed by atoms with E-state index in [2.05, 4.69) is 11.8 Å². The molecule has 0 spiro atoms. The van der Waals surface area contributed by atoms with E-state index in [1.165, 1.54) is 0 Å². The molecule has 0 bridgehead atoms. The summed E-state index contributed by atoms with van der Waals surface area (Å²) in [6.45, 7) is 6.69. The van der Waals surface area contributed by atoms with E-state index in [1.54, 1.807) is 0 Å². The van der Waals surface area contributed by atoms with Crippen molar-refractivity contribution in [2.24, 2.45) is 0 Å². The highest BCUT2D eigenvalue weighted by Gasteiger charge is 2.00. The monoisotopic (exact) mass is 249 g/mol. The molecule has 0 aliphatic carbocycles. The van der Waals surface area contributed by atoms with Gasteiger partial charge in [-0.1, -0.05) is 20.3 Å². The predicted molar refractivity (Wildman–Crippen MR) is 68.1 cm³/mol. The highest BCUT2D eigenvalue weighted by Crippen LogP contribution is 1.93. The molecule has 3 N–H and O–H groups in total. The van der Waals surface area contributed by atoms with Crippen LogP contribution in [0.5, 0.6) is 0 Å². The molecule has 0 heterocycles. The Morgan fingerprint density at radius 3 is 1.76 bits per heavy atom. The standard InChI is InChI=1S/C8H19NO2.C4H8O2/c1-2-3-4-9(5-7-10)6-8-11;1-2-3-4(5)6/h10-11H,2-8H2,1H3;2-3H2,1H3,(H,5,6). The van der Waals surface area contributed by atoms with E-state index in [-0.39, 0.29) is 13.2 Å². The van der Waals surface area contributed by atoms with Gasteiger partial charge in [0.2, 0.25) is 0 Å². The molecule has 0 aliphatic rings. The van der Waals surface area contributed by atoms with Crippen LogP contribution in [0, 0.1) is 0 Å². The van der Waals surface area contributed by atoms with Crippen molar-refractivity contribution in [3.05, 3.63) is 0 Å². The summed E-state index contributed by atoms with van der Waals surface area (Å²) in [5.74, 6) is -0.711. The van der Waals surface area contributed by atoms with E-state index >= 15 is 0 Å². The van der Waals surface area contributed by atoms with E-state index in [1.807, 2.05) is 6.92 Å². The summed E-state index contributed by atoms with van der Waals surface area (Å²) in [5, 5.41) is 25.2. The number of carboxylic acid groups (broad SMARTS) is 1. The fourth-order valence-electron chi connectivity index (χ4n) is 1.21. The third kappa shape index (κ3) is 17.9. The molecule has 0 aromatic carbocycles. The molecule has 0 saturated heterocycles. The first kappa shape index (κ1) is 18.7. The Balaban J connectivity index is 0. The number of hydrogen-bond acceptors (Lipinski definition) is 4. The van der Waals surface area contributed by atoms with Crippen LogP contribution in [-0.4, -0.2) is 59.0 Å². The third-order valence-electron chi connectivity index (χ3n) is 2.12. The van der Waals surface area contributed by atoms with Crippen LogP contribution in [-0.2, 0) is 4.79 Å². The van der Waals surface area contributed by atoms with E-state index in [0.29, 0.717) is 19.5 Å². The summed E-state index contributed by atoms with van der Waals surface area (Å²) in [4.78, 5) is 11.7. The quantitative estimate of drug-likeness (QED) is 0.567. The number of aliphatic carboxylic acids is 1. The molecular weight excluding hydrogens is 222 g/mol. The van der Waals surface area contributed by atoms with Gasteiger partial charge in [-0.05, 0) is 19.4 Å². The van der Waals surface area contributed by atoms with Crippen LogP contribution < -0.4 is 0 Å². The van der Waals surface area contributed by atoms with Crippen LogP contribution in [0.25, 0.3) is 0 Å². The number of carbonyl (C=O) groups is 1. The average molecular weight is 249 g/mol. The van der Waals surface area contributed by atoms with Crippen molar-refractivity contribution in [2.75, 3.05) is 32.8 Å². The molecule has 5 nitrogen and oxygen atoms in total. The molecule has 0 amide bonds. The number of aliphatic hydroxyl groups is 2. The van der Waals surface area contributed by atoms with E-state index < -0.39 is 5.97 Å². The average Bonchev–Trinajstić information content (AvgIpc) is 2.27. The van der Waals surface area contributed by atoms with E-state index in [0.717, 1.165) is 25.8 Å². The summed E-state index contributed by atoms with van der Waals surface area (Å²) >= 11 is 0. The van der Waals surface area contributed by atoms with Gasteiger partial charge in [0.25, 0.3) is 0 Å². The predicted octanol–water partition coefficient (Wildman–Crippen LogP) is 0.944. The summed E-state index contributed by atoms with van der Waals surface area (Å²) < 4.78 is 0. The number of nitrogens with zero attached hydrogens (tertiary/aromatic N) is 1. The van der Waals surface area contributed by atoms with Gasteiger partial charge in [-0.3, -0.25) is 9.69 Å². The van der Waals surface area contributed by atoms with Gasteiger partial charge in [0.1, 0.15) is 0 Å². The molecular formula is C12H27NO4. The maximum Gasteiger partial charge on any atom is 0.303 e. The molecule has 0 aromatic heterocycles. The summed E-state index contributed by atoms with van der Waals surface area (Å²) in [7, 11) is 0. The topological polar surface area (TPSA) is 81.0 Å². The largest absolute Gasteiger partial charge is 0.481 e. The first-order valence-electron chi connectivity index (χ1n) is 6.28. The zero-order valence-electron chi connectivity index (χ0n) is 11.1. The number of unbranched alkanes of at least 4 members (excludes halogenated alkanes) is 1. The van der Waals surface area contributed by atoms with Crippen LogP contribution in [0.15, 0.2) is 0 Å². The highest BCUT2D eigenvalue weighted by molar-refractivity contribution is 5.66. The Labute approximate surface area is 104 Å². The lowest BCUT2D eigenvalue weighted by molar-refractivity contribution is -0.137. The number of rotatable bonds is 9. The molecule has 0 aromatic rings. The third-order valence-corrected chi connectivity index (χ3v) is 2.12. The number of aliphatic hydroxyl groups excluding tert-OH is 2. The van der Waals surface area contributed by atoms with Crippen molar-refractivity contribution in [3.63, 3.8) is 0 Å². The number of carboxylic acids is 1. The van der Waals surface area contributed by atoms with Gasteiger partial charge in [-0.15, -0.1) is 0 Å². The fourth-order valence-corrected chi connectivity index (χ4v) is 1.21. The molecule has 0 unspecified atom stereocenters. The van der Waals surface area contributed by atoms with Gasteiger partial charge < -0.3 is 15.3 Å². The Morgan fingerprint density at radius 1 is 1.00 bits per heavy atom. The molecule has 0 aliphatic heterocycles. The smallest absolute Gasteiger partial charge is 0.303 e. The van der Waals surface area contributed by atoms with Gasteiger partial charge in [-0.25, -0.2) is 0 Å². The lowest BCUT2D eigenvalue weighted by Crippen LogP contribution is -2.30. The van der Waals surface area contributed by atoms with Gasteiger partial charge in [0.15, 0.2) is 0 Å². The van der Waals surface area contributed by atoms with Crippen molar-refractivity contribution in [1.82, 2.24) is 4.90 Å². The molecule has 5 heteroatoms. The second-order valence-corrected chi connectivity index (χ2v) is 3.79. The summed E-state index contributed by atoms with van der Waals surface area (Å²) in [5.41, 5.74) is 0.